The second-order valence-electron chi connectivity index (χ2n) is 8.64. The molecule has 1 aliphatic heterocycles. The third kappa shape index (κ3) is 4.72. The van der Waals surface area contributed by atoms with E-state index >= 15 is 0 Å². The van der Waals surface area contributed by atoms with Crippen LogP contribution in [0.25, 0.3) is 0 Å². The molecule has 0 unspecified atom stereocenters. The maximum atomic E-state index is 13.6. The first kappa shape index (κ1) is 24.0. The lowest BCUT2D eigenvalue weighted by atomic mass is 10.1. The van der Waals surface area contributed by atoms with Gasteiger partial charge >= 0.3 is 0 Å². The number of anilines is 1. The van der Waals surface area contributed by atoms with Gasteiger partial charge in [-0.25, -0.2) is 8.42 Å². The Bertz CT molecular complexity index is 1350. The van der Waals surface area contributed by atoms with Crippen molar-refractivity contribution in [2.45, 2.75) is 36.6 Å². The molecule has 0 aliphatic carbocycles. The minimum Gasteiger partial charge on any atom is -0.352 e. The lowest BCUT2D eigenvalue weighted by Gasteiger charge is -2.23. The largest absolute Gasteiger partial charge is 0.352 e. The van der Waals surface area contributed by atoms with Gasteiger partial charge in [0.1, 0.15) is 0 Å². The topological polar surface area (TPSA) is 83.6 Å². The zero-order valence-electron chi connectivity index (χ0n) is 18.9. The van der Waals surface area contributed by atoms with Crippen LogP contribution in [0.15, 0.2) is 76.5 Å². The van der Waals surface area contributed by atoms with Crippen molar-refractivity contribution in [1.82, 2.24) is 5.32 Å². The van der Waals surface area contributed by atoms with Crippen LogP contribution < -0.4 is 10.2 Å². The van der Waals surface area contributed by atoms with Crippen molar-refractivity contribution >= 4 is 38.9 Å². The molecule has 4 rings (SSSR count). The molecule has 1 aliphatic rings. The minimum absolute atomic E-state index is 0.0153. The number of carbonyl (C=O) groups excluding carboxylic acids is 2. The van der Waals surface area contributed by atoms with E-state index in [2.05, 4.69) is 19.2 Å². The number of nitrogens with one attached hydrogen (secondary N) is 1. The van der Waals surface area contributed by atoms with E-state index < -0.39 is 15.7 Å². The van der Waals surface area contributed by atoms with Crippen molar-refractivity contribution in [2.24, 2.45) is 5.92 Å². The van der Waals surface area contributed by atoms with Gasteiger partial charge in [-0.05, 0) is 60.4 Å². The van der Waals surface area contributed by atoms with Gasteiger partial charge < -0.3 is 10.2 Å². The Morgan fingerprint density at radius 1 is 1.00 bits per heavy atom. The van der Waals surface area contributed by atoms with Crippen LogP contribution in [0.3, 0.4) is 0 Å². The van der Waals surface area contributed by atoms with E-state index in [0.717, 1.165) is 12.0 Å². The summed E-state index contributed by atoms with van der Waals surface area (Å²) in [6, 6.07) is 17.5. The number of hydrogen-bond acceptors (Lipinski definition) is 4. The summed E-state index contributed by atoms with van der Waals surface area (Å²) in [5.74, 6) is -0.338. The van der Waals surface area contributed by atoms with Gasteiger partial charge in [-0.2, -0.15) is 0 Å². The highest BCUT2D eigenvalue weighted by Crippen LogP contribution is 2.38. The Balaban J connectivity index is 1.83. The Kier molecular flexibility index (Phi) is 6.77. The number of carbonyl (C=O) groups is 2. The van der Waals surface area contributed by atoms with Crippen molar-refractivity contribution in [2.75, 3.05) is 11.4 Å². The molecule has 34 heavy (non-hydrogen) atoms. The number of benzene rings is 3. The van der Waals surface area contributed by atoms with E-state index in [1.54, 1.807) is 36.4 Å². The molecule has 0 saturated carbocycles. The summed E-state index contributed by atoms with van der Waals surface area (Å²) in [4.78, 5) is 27.8. The van der Waals surface area contributed by atoms with Crippen molar-refractivity contribution < 1.29 is 18.0 Å². The van der Waals surface area contributed by atoms with Gasteiger partial charge in [0.25, 0.3) is 11.8 Å². The smallest absolute Gasteiger partial charge is 0.259 e. The van der Waals surface area contributed by atoms with Gasteiger partial charge in [0.2, 0.25) is 9.84 Å². The molecule has 2 amide bonds. The van der Waals surface area contributed by atoms with Crippen LogP contribution in [0.5, 0.6) is 0 Å². The zero-order chi connectivity index (χ0) is 24.5. The second kappa shape index (κ2) is 9.60. The number of rotatable bonds is 6. The molecule has 0 fully saturated rings. The first-order chi connectivity index (χ1) is 16.2. The van der Waals surface area contributed by atoms with E-state index in [4.69, 9.17) is 11.6 Å². The number of amides is 2. The highest BCUT2D eigenvalue weighted by molar-refractivity contribution is 7.91. The second-order valence-corrected chi connectivity index (χ2v) is 11.0. The average molecular weight is 497 g/mol. The Morgan fingerprint density at radius 3 is 2.41 bits per heavy atom. The number of nitrogens with zero attached hydrogens (tertiary/aromatic N) is 1. The van der Waals surface area contributed by atoms with Gasteiger partial charge in [-0.1, -0.05) is 49.7 Å². The lowest BCUT2D eigenvalue weighted by Crippen LogP contribution is -2.31. The summed E-state index contributed by atoms with van der Waals surface area (Å²) >= 11 is 6.01. The Morgan fingerprint density at radius 2 is 1.71 bits per heavy atom. The molecule has 0 saturated heterocycles. The first-order valence-electron chi connectivity index (χ1n) is 11.0. The molecule has 1 heterocycles. The molecule has 8 heteroatoms. The highest BCUT2D eigenvalue weighted by Gasteiger charge is 2.36. The molecule has 0 atom stereocenters. The van der Waals surface area contributed by atoms with Crippen molar-refractivity contribution in [1.29, 1.82) is 0 Å². The van der Waals surface area contributed by atoms with E-state index in [-0.39, 0.29) is 39.1 Å². The maximum absolute atomic E-state index is 13.6. The monoisotopic (exact) mass is 496 g/mol. The molecule has 0 aromatic heterocycles. The summed E-state index contributed by atoms with van der Waals surface area (Å²) in [5.41, 5.74) is 1.33. The van der Waals surface area contributed by atoms with E-state index in [9.17, 15) is 18.0 Å². The number of sulfone groups is 1. The molecule has 0 bridgehead atoms. The maximum Gasteiger partial charge on any atom is 0.259 e. The molecule has 0 spiro atoms. The molecule has 176 valence electrons. The number of hydrogen-bond donors (Lipinski definition) is 1. The molecule has 1 N–H and O–H groups in total. The summed E-state index contributed by atoms with van der Waals surface area (Å²) in [5, 5.41) is 3.42. The summed E-state index contributed by atoms with van der Waals surface area (Å²) in [7, 11) is -3.99. The quantitative estimate of drug-likeness (QED) is 0.514. The summed E-state index contributed by atoms with van der Waals surface area (Å²) in [6.45, 7) is 4.75. The van der Waals surface area contributed by atoms with Crippen LogP contribution in [-0.4, -0.2) is 26.8 Å². The predicted octanol–water partition coefficient (Wildman–Crippen LogP) is 5.11. The van der Waals surface area contributed by atoms with Crippen LogP contribution in [0, 0.1) is 5.92 Å². The summed E-state index contributed by atoms with van der Waals surface area (Å²) < 4.78 is 27.1. The fourth-order valence-corrected chi connectivity index (χ4v) is 5.61. The molecular weight excluding hydrogens is 472 g/mol. The van der Waals surface area contributed by atoms with E-state index in [1.807, 2.05) is 0 Å². The Labute approximate surface area is 204 Å². The SMILES string of the molecule is CC(C)CCNC(=O)c1ccc2c(c1)N(Cc1ccc(Cl)cc1)C(=O)c1ccccc1S2(=O)=O. The molecule has 0 radical (unpaired) electrons. The number of fused-ring (bicyclic) bond motifs is 2. The highest BCUT2D eigenvalue weighted by atomic mass is 35.5. The molecular formula is C26H25ClN2O4S. The van der Waals surface area contributed by atoms with Gasteiger partial charge in [0, 0.05) is 17.1 Å². The van der Waals surface area contributed by atoms with Crippen LogP contribution in [0.4, 0.5) is 5.69 Å². The van der Waals surface area contributed by atoms with Crippen molar-refractivity contribution in [3.63, 3.8) is 0 Å². The van der Waals surface area contributed by atoms with Crippen LogP contribution in [0.1, 0.15) is 46.5 Å². The van der Waals surface area contributed by atoms with Gasteiger partial charge in [0.05, 0.1) is 27.6 Å². The normalized spacial score (nSPS) is 14.4. The van der Waals surface area contributed by atoms with Crippen molar-refractivity contribution in [3.05, 3.63) is 88.4 Å². The first-order valence-corrected chi connectivity index (χ1v) is 12.9. The minimum atomic E-state index is -3.99. The van der Waals surface area contributed by atoms with E-state index in [1.165, 1.54) is 35.2 Å². The number of halogens is 1. The average Bonchev–Trinajstić information content (AvgIpc) is 2.88. The van der Waals surface area contributed by atoms with Crippen LogP contribution in [-0.2, 0) is 16.4 Å². The Hall–Kier alpha value is -3.16. The molecule has 3 aromatic rings. The standard InChI is InChI=1S/C26H25ClN2O4S/c1-17(2)13-14-28-25(30)19-9-12-24-22(15-19)29(16-18-7-10-20(27)11-8-18)26(31)21-5-3-4-6-23(21)34(24,32)33/h3-12,15,17H,13-14,16H2,1-2H3,(H,28,30). The fourth-order valence-electron chi connectivity index (χ4n) is 3.85. The fraction of sp³-hybridized carbons (Fsp3) is 0.231. The van der Waals surface area contributed by atoms with E-state index in [0.29, 0.717) is 17.5 Å². The lowest BCUT2D eigenvalue weighted by molar-refractivity contribution is 0.0948. The predicted molar refractivity (Wildman–Crippen MR) is 132 cm³/mol. The van der Waals surface area contributed by atoms with Crippen molar-refractivity contribution in [3.8, 4) is 0 Å². The molecule has 6 nitrogen and oxygen atoms in total. The third-order valence-electron chi connectivity index (χ3n) is 5.71. The summed E-state index contributed by atoms with van der Waals surface area (Å²) in [6.07, 6.45) is 0.821. The van der Waals surface area contributed by atoms with Gasteiger partial charge in [-0.3, -0.25) is 9.59 Å². The zero-order valence-corrected chi connectivity index (χ0v) is 20.5. The van der Waals surface area contributed by atoms with Crippen LogP contribution in [0.2, 0.25) is 5.02 Å². The molecule has 3 aromatic carbocycles. The van der Waals surface area contributed by atoms with Gasteiger partial charge in [0.15, 0.2) is 0 Å². The van der Waals surface area contributed by atoms with Crippen LogP contribution >= 0.6 is 11.6 Å². The third-order valence-corrected chi connectivity index (χ3v) is 7.83. The van der Waals surface area contributed by atoms with Gasteiger partial charge in [-0.15, -0.1) is 0 Å².